The van der Waals surface area contributed by atoms with Gasteiger partial charge in [0, 0.05) is 17.1 Å². The van der Waals surface area contributed by atoms with Crippen LogP contribution in [-0.4, -0.2) is 17.2 Å². The normalized spacial score (nSPS) is 9.75. The first-order chi connectivity index (χ1) is 7.83. The predicted molar refractivity (Wildman–Crippen MR) is 61.7 cm³/mol. The first-order valence-corrected chi connectivity index (χ1v) is 5.44. The van der Waals surface area contributed by atoms with Crippen LogP contribution in [0.1, 0.15) is 15.4 Å². The van der Waals surface area contributed by atoms with Crippen molar-refractivity contribution in [3.8, 4) is 0 Å². The number of hydrogen-bond acceptors (Lipinski definition) is 4. The molecule has 0 radical (unpaired) electrons. The van der Waals surface area contributed by atoms with E-state index in [0.29, 0.717) is 22.7 Å². The first kappa shape index (κ1) is 10.5. The zero-order chi connectivity index (χ0) is 11.4. The predicted octanol–water partition coefficient (Wildman–Crippen LogP) is 1.94. The highest BCUT2D eigenvalue weighted by atomic mass is 32.1. The van der Waals surface area contributed by atoms with Crippen LogP contribution in [0, 0.1) is 0 Å². The van der Waals surface area contributed by atoms with E-state index < -0.39 is 0 Å². The van der Waals surface area contributed by atoms with Crippen molar-refractivity contribution in [2.45, 2.75) is 0 Å². The molecule has 0 saturated carbocycles. The number of benzene rings is 1. The average Bonchev–Trinajstić information content (AvgIpc) is 2.83. The number of nitrogens with one attached hydrogen (secondary N) is 1. The minimum Gasteiger partial charge on any atom is -0.328 e. The van der Waals surface area contributed by atoms with Gasteiger partial charge in [-0.1, -0.05) is 12.1 Å². The topological polar surface area (TPSA) is 59.1 Å². The van der Waals surface area contributed by atoms with Crippen LogP contribution >= 0.6 is 11.3 Å². The zero-order valence-electron chi connectivity index (χ0n) is 8.21. The maximum absolute atomic E-state index is 12.0. The van der Waals surface area contributed by atoms with Crippen molar-refractivity contribution in [1.82, 2.24) is 4.98 Å². The van der Waals surface area contributed by atoms with Gasteiger partial charge in [-0.25, -0.2) is 4.98 Å². The minimum atomic E-state index is -0.181. The summed E-state index contributed by atoms with van der Waals surface area (Å²) in [6, 6.07) is 6.84. The quantitative estimate of drug-likeness (QED) is 0.647. The van der Waals surface area contributed by atoms with Gasteiger partial charge in [-0.3, -0.25) is 9.59 Å². The Hall–Kier alpha value is -2.01. The maximum Gasteiger partial charge on any atom is 0.223 e. The van der Waals surface area contributed by atoms with Crippen molar-refractivity contribution < 1.29 is 9.59 Å². The first-order valence-electron chi connectivity index (χ1n) is 4.56. The van der Waals surface area contributed by atoms with Crippen LogP contribution < -0.4 is 5.32 Å². The van der Waals surface area contributed by atoms with Gasteiger partial charge in [-0.05, 0) is 12.1 Å². The van der Waals surface area contributed by atoms with Crippen LogP contribution in [0.3, 0.4) is 0 Å². The number of carbonyl (C=O) groups excluding carboxylic acids is 2. The van der Waals surface area contributed by atoms with Gasteiger partial charge in [0.1, 0.15) is 0 Å². The Morgan fingerprint density at radius 2 is 2.19 bits per heavy atom. The molecule has 5 heteroatoms. The summed E-state index contributed by atoms with van der Waals surface area (Å²) in [5.74, 6) is -0.181. The second-order valence-electron chi connectivity index (χ2n) is 2.97. The van der Waals surface area contributed by atoms with Gasteiger partial charge in [0.25, 0.3) is 0 Å². The van der Waals surface area contributed by atoms with Gasteiger partial charge in [-0.2, -0.15) is 0 Å². The van der Waals surface area contributed by atoms with Crippen LogP contribution in [-0.2, 0) is 4.79 Å². The lowest BCUT2D eigenvalue weighted by molar-refractivity contribution is -0.105. The van der Waals surface area contributed by atoms with Gasteiger partial charge in [-0.15, -0.1) is 11.3 Å². The molecule has 1 N–H and O–H groups in total. The molecule has 0 spiro atoms. The fraction of sp³-hybridized carbons (Fsp3) is 0. The molecule has 0 aliphatic rings. The summed E-state index contributed by atoms with van der Waals surface area (Å²) in [5, 5.41) is 4.65. The van der Waals surface area contributed by atoms with Gasteiger partial charge in [0.2, 0.25) is 12.2 Å². The molecule has 2 aromatic rings. The molecule has 1 heterocycles. The largest absolute Gasteiger partial charge is 0.328 e. The number of para-hydroxylation sites is 1. The van der Waals surface area contributed by atoms with E-state index in [1.54, 1.807) is 35.8 Å². The van der Waals surface area contributed by atoms with Crippen molar-refractivity contribution in [2.75, 3.05) is 5.32 Å². The highest BCUT2D eigenvalue weighted by Gasteiger charge is 2.14. The third-order valence-electron chi connectivity index (χ3n) is 2.01. The Morgan fingerprint density at radius 1 is 1.38 bits per heavy atom. The molecule has 80 valence electrons. The van der Waals surface area contributed by atoms with E-state index in [2.05, 4.69) is 10.3 Å². The summed E-state index contributed by atoms with van der Waals surface area (Å²) < 4.78 is 0. The van der Waals surface area contributed by atoms with Crippen molar-refractivity contribution in [3.63, 3.8) is 0 Å². The van der Waals surface area contributed by atoms with E-state index in [4.69, 9.17) is 0 Å². The highest BCUT2D eigenvalue weighted by molar-refractivity contribution is 7.11. The number of hydrogen-bond donors (Lipinski definition) is 1. The van der Waals surface area contributed by atoms with Gasteiger partial charge in [0.05, 0.1) is 5.69 Å². The Bertz CT molecular complexity index is 508. The SMILES string of the molecule is O=CNc1ccccc1C(=O)c1nccs1. The number of thiazole rings is 1. The molecular formula is C11H8N2O2S. The molecule has 0 aliphatic carbocycles. The van der Waals surface area contributed by atoms with E-state index >= 15 is 0 Å². The fourth-order valence-electron chi connectivity index (χ4n) is 1.32. The number of ketones is 1. The minimum absolute atomic E-state index is 0.181. The molecule has 0 aliphatic heterocycles. The summed E-state index contributed by atoms with van der Waals surface area (Å²) >= 11 is 1.28. The van der Waals surface area contributed by atoms with Gasteiger partial charge >= 0.3 is 0 Å². The molecule has 4 nitrogen and oxygen atoms in total. The molecule has 16 heavy (non-hydrogen) atoms. The molecule has 2 rings (SSSR count). The van der Waals surface area contributed by atoms with E-state index in [9.17, 15) is 9.59 Å². The molecule has 0 unspecified atom stereocenters. The Labute approximate surface area is 96.0 Å². The van der Waals surface area contributed by atoms with E-state index in [1.807, 2.05) is 0 Å². The summed E-state index contributed by atoms with van der Waals surface area (Å²) in [4.78, 5) is 26.3. The third kappa shape index (κ3) is 1.99. The molecule has 0 bridgehead atoms. The van der Waals surface area contributed by atoms with Crippen molar-refractivity contribution in [3.05, 3.63) is 46.4 Å². The van der Waals surface area contributed by atoms with Crippen LogP contribution in [0.4, 0.5) is 5.69 Å². The number of rotatable bonds is 4. The number of anilines is 1. The number of amides is 1. The molecule has 0 atom stereocenters. The standard InChI is InChI=1S/C11H8N2O2S/c14-7-13-9-4-2-1-3-8(9)10(15)11-12-5-6-16-11/h1-7H,(H,13,14). The smallest absolute Gasteiger partial charge is 0.223 e. The third-order valence-corrected chi connectivity index (χ3v) is 2.78. The Balaban J connectivity index is 2.40. The second-order valence-corrected chi connectivity index (χ2v) is 3.87. The van der Waals surface area contributed by atoms with Crippen molar-refractivity contribution >= 4 is 29.2 Å². The molecular weight excluding hydrogens is 224 g/mol. The lowest BCUT2D eigenvalue weighted by atomic mass is 10.1. The van der Waals surface area contributed by atoms with Crippen molar-refractivity contribution in [2.24, 2.45) is 0 Å². The van der Waals surface area contributed by atoms with Crippen molar-refractivity contribution in [1.29, 1.82) is 0 Å². The summed E-state index contributed by atoms with van der Waals surface area (Å²) in [7, 11) is 0. The molecule has 0 saturated heterocycles. The molecule has 1 aromatic carbocycles. The fourth-order valence-corrected chi connectivity index (χ4v) is 1.91. The van der Waals surface area contributed by atoms with Crippen LogP contribution in [0.25, 0.3) is 0 Å². The Kier molecular flexibility index (Phi) is 3.07. The summed E-state index contributed by atoms with van der Waals surface area (Å²) in [5.41, 5.74) is 0.947. The van der Waals surface area contributed by atoms with Crippen LogP contribution in [0.2, 0.25) is 0 Å². The van der Waals surface area contributed by atoms with E-state index in [-0.39, 0.29) is 5.78 Å². The second kappa shape index (κ2) is 4.67. The van der Waals surface area contributed by atoms with Crippen LogP contribution in [0.5, 0.6) is 0 Å². The monoisotopic (exact) mass is 232 g/mol. The Morgan fingerprint density at radius 3 is 2.88 bits per heavy atom. The summed E-state index contributed by atoms with van der Waals surface area (Å²) in [6.07, 6.45) is 2.13. The molecule has 1 aromatic heterocycles. The average molecular weight is 232 g/mol. The highest BCUT2D eigenvalue weighted by Crippen LogP contribution is 2.19. The lowest BCUT2D eigenvalue weighted by Gasteiger charge is -2.04. The molecule has 1 amide bonds. The number of carbonyl (C=O) groups is 2. The molecule has 0 fully saturated rings. The van der Waals surface area contributed by atoms with Crippen LogP contribution in [0.15, 0.2) is 35.8 Å². The maximum atomic E-state index is 12.0. The van der Waals surface area contributed by atoms with E-state index in [0.717, 1.165) is 0 Å². The number of nitrogens with zero attached hydrogens (tertiary/aromatic N) is 1. The lowest BCUT2D eigenvalue weighted by Crippen LogP contribution is -2.06. The summed E-state index contributed by atoms with van der Waals surface area (Å²) in [6.45, 7) is 0. The zero-order valence-corrected chi connectivity index (χ0v) is 9.03. The van der Waals surface area contributed by atoms with Gasteiger partial charge < -0.3 is 5.32 Å². The number of aromatic nitrogens is 1. The van der Waals surface area contributed by atoms with E-state index in [1.165, 1.54) is 11.3 Å². The van der Waals surface area contributed by atoms with Gasteiger partial charge in [0.15, 0.2) is 5.01 Å².